The summed E-state index contributed by atoms with van der Waals surface area (Å²) in [6.45, 7) is 5.78. The standard InChI is InChI=1S/C19H27N3O2.ClH/c1-14-2-4-15(5-3-14)12-21-18(23)16-7-10-22(11-8-16)19(24)17-6-9-20-13-17;/h2-5,16-17,20H,6-13H2,1H3,(H,21,23);1H. The minimum atomic E-state index is 0. The fourth-order valence-electron chi connectivity index (χ4n) is 3.53. The Balaban J connectivity index is 0.00000225. The van der Waals surface area contributed by atoms with Crippen molar-refractivity contribution in [1.82, 2.24) is 15.5 Å². The first-order valence-corrected chi connectivity index (χ1v) is 8.96. The quantitative estimate of drug-likeness (QED) is 0.856. The molecule has 0 spiro atoms. The maximum atomic E-state index is 12.4. The molecule has 25 heavy (non-hydrogen) atoms. The molecule has 0 aliphatic carbocycles. The summed E-state index contributed by atoms with van der Waals surface area (Å²) in [6.07, 6.45) is 2.48. The van der Waals surface area contributed by atoms with Crippen LogP contribution < -0.4 is 10.6 Å². The third kappa shape index (κ3) is 5.19. The highest BCUT2D eigenvalue weighted by Gasteiger charge is 2.31. The minimum Gasteiger partial charge on any atom is -0.352 e. The van der Waals surface area contributed by atoms with Gasteiger partial charge < -0.3 is 15.5 Å². The first-order valence-electron chi connectivity index (χ1n) is 8.96. The fourth-order valence-corrected chi connectivity index (χ4v) is 3.53. The van der Waals surface area contributed by atoms with E-state index in [2.05, 4.69) is 29.7 Å². The van der Waals surface area contributed by atoms with Crippen molar-refractivity contribution in [3.8, 4) is 0 Å². The predicted molar refractivity (Wildman–Crippen MR) is 101 cm³/mol. The number of aryl methyl sites for hydroxylation is 1. The number of carbonyl (C=O) groups excluding carboxylic acids is 2. The number of hydrogen-bond donors (Lipinski definition) is 2. The maximum Gasteiger partial charge on any atom is 0.227 e. The van der Waals surface area contributed by atoms with Crippen molar-refractivity contribution >= 4 is 24.2 Å². The zero-order valence-electron chi connectivity index (χ0n) is 14.8. The summed E-state index contributed by atoms with van der Waals surface area (Å²) < 4.78 is 0. The van der Waals surface area contributed by atoms with Crippen molar-refractivity contribution in [2.75, 3.05) is 26.2 Å². The second kappa shape index (κ2) is 9.20. The van der Waals surface area contributed by atoms with Gasteiger partial charge >= 0.3 is 0 Å². The number of piperidine rings is 1. The number of benzene rings is 1. The van der Waals surface area contributed by atoms with Crippen molar-refractivity contribution in [3.05, 3.63) is 35.4 Å². The monoisotopic (exact) mass is 365 g/mol. The molecular weight excluding hydrogens is 338 g/mol. The molecule has 0 saturated carbocycles. The first kappa shape index (κ1) is 19.7. The molecule has 1 atom stereocenters. The lowest BCUT2D eigenvalue weighted by atomic mass is 9.94. The summed E-state index contributed by atoms with van der Waals surface area (Å²) in [5.74, 6) is 0.543. The van der Waals surface area contributed by atoms with E-state index in [1.54, 1.807) is 0 Å². The van der Waals surface area contributed by atoms with Crippen LogP contribution >= 0.6 is 12.4 Å². The molecule has 2 aliphatic heterocycles. The van der Waals surface area contributed by atoms with Crippen LogP contribution in [0, 0.1) is 18.8 Å². The summed E-state index contributed by atoms with van der Waals surface area (Å²) in [5, 5.41) is 6.28. The molecule has 1 aromatic rings. The van der Waals surface area contributed by atoms with Crippen molar-refractivity contribution in [1.29, 1.82) is 0 Å². The van der Waals surface area contributed by atoms with Crippen molar-refractivity contribution < 1.29 is 9.59 Å². The van der Waals surface area contributed by atoms with Gasteiger partial charge in [-0.1, -0.05) is 29.8 Å². The van der Waals surface area contributed by atoms with Gasteiger partial charge in [-0.05, 0) is 38.3 Å². The van der Waals surface area contributed by atoms with E-state index in [0.717, 1.165) is 37.9 Å². The van der Waals surface area contributed by atoms with Gasteiger partial charge in [-0.25, -0.2) is 0 Å². The smallest absolute Gasteiger partial charge is 0.227 e. The number of hydrogen-bond acceptors (Lipinski definition) is 3. The van der Waals surface area contributed by atoms with Crippen LogP contribution in [-0.4, -0.2) is 42.9 Å². The molecule has 2 fully saturated rings. The van der Waals surface area contributed by atoms with Crippen LogP contribution in [0.1, 0.15) is 30.4 Å². The zero-order chi connectivity index (χ0) is 16.9. The molecule has 6 heteroatoms. The number of likely N-dealkylation sites (tertiary alicyclic amines) is 1. The van der Waals surface area contributed by atoms with Crippen molar-refractivity contribution in [2.24, 2.45) is 11.8 Å². The Labute approximate surface area is 155 Å². The molecule has 1 unspecified atom stereocenters. The molecule has 2 amide bonds. The minimum absolute atomic E-state index is 0. The first-order chi connectivity index (χ1) is 11.6. The van der Waals surface area contributed by atoms with Crippen LogP contribution in [-0.2, 0) is 16.1 Å². The Bertz CT molecular complexity index is 577. The van der Waals surface area contributed by atoms with Gasteiger partial charge in [0.2, 0.25) is 11.8 Å². The lowest BCUT2D eigenvalue weighted by Crippen LogP contribution is -2.45. The largest absolute Gasteiger partial charge is 0.352 e. The Hall–Kier alpha value is -1.59. The molecule has 0 radical (unpaired) electrons. The summed E-state index contributed by atoms with van der Waals surface area (Å²) in [5.41, 5.74) is 2.34. The number of halogens is 1. The van der Waals surface area contributed by atoms with Crippen molar-refractivity contribution in [2.45, 2.75) is 32.7 Å². The van der Waals surface area contributed by atoms with Gasteiger partial charge in [0.05, 0.1) is 5.92 Å². The van der Waals surface area contributed by atoms with E-state index >= 15 is 0 Å². The molecular formula is C19H28ClN3O2. The van der Waals surface area contributed by atoms with Crippen LogP contribution in [0.3, 0.4) is 0 Å². The fraction of sp³-hybridized carbons (Fsp3) is 0.579. The second-order valence-electron chi connectivity index (χ2n) is 6.99. The van der Waals surface area contributed by atoms with Gasteiger partial charge in [-0.15, -0.1) is 12.4 Å². The van der Waals surface area contributed by atoms with Crippen LogP contribution in [0.25, 0.3) is 0 Å². The predicted octanol–water partition coefficient (Wildman–Crippen LogP) is 1.88. The molecule has 2 saturated heterocycles. The average Bonchev–Trinajstić information content (AvgIpc) is 3.15. The molecule has 5 nitrogen and oxygen atoms in total. The van der Waals surface area contributed by atoms with Gasteiger partial charge in [0.25, 0.3) is 0 Å². The Morgan fingerprint density at radius 2 is 1.80 bits per heavy atom. The van der Waals surface area contributed by atoms with E-state index in [1.165, 1.54) is 5.56 Å². The normalized spacial score (nSPS) is 20.8. The highest BCUT2D eigenvalue weighted by Crippen LogP contribution is 2.21. The van der Waals surface area contributed by atoms with E-state index in [4.69, 9.17) is 0 Å². The third-order valence-electron chi connectivity index (χ3n) is 5.17. The lowest BCUT2D eigenvalue weighted by Gasteiger charge is -2.32. The number of nitrogens with zero attached hydrogens (tertiary/aromatic N) is 1. The van der Waals surface area contributed by atoms with E-state index in [9.17, 15) is 9.59 Å². The van der Waals surface area contributed by atoms with E-state index < -0.39 is 0 Å². The molecule has 138 valence electrons. The van der Waals surface area contributed by atoms with Gasteiger partial charge in [0.15, 0.2) is 0 Å². The number of amides is 2. The third-order valence-corrected chi connectivity index (χ3v) is 5.17. The van der Waals surface area contributed by atoms with Crippen LogP contribution in [0.15, 0.2) is 24.3 Å². The molecule has 2 N–H and O–H groups in total. The van der Waals surface area contributed by atoms with Crippen LogP contribution in [0.4, 0.5) is 0 Å². The molecule has 0 bridgehead atoms. The molecule has 2 heterocycles. The lowest BCUT2D eigenvalue weighted by molar-refractivity contribution is -0.138. The highest BCUT2D eigenvalue weighted by atomic mass is 35.5. The van der Waals surface area contributed by atoms with Crippen LogP contribution in [0.5, 0.6) is 0 Å². The Morgan fingerprint density at radius 3 is 2.40 bits per heavy atom. The number of nitrogens with one attached hydrogen (secondary N) is 2. The Kier molecular flexibility index (Phi) is 7.26. The summed E-state index contributed by atoms with van der Waals surface area (Å²) >= 11 is 0. The van der Waals surface area contributed by atoms with Gasteiger partial charge in [0.1, 0.15) is 0 Å². The molecule has 1 aromatic carbocycles. The second-order valence-corrected chi connectivity index (χ2v) is 6.99. The van der Waals surface area contributed by atoms with Gasteiger partial charge in [-0.3, -0.25) is 9.59 Å². The van der Waals surface area contributed by atoms with E-state index in [0.29, 0.717) is 19.6 Å². The Morgan fingerprint density at radius 1 is 1.12 bits per heavy atom. The molecule has 0 aromatic heterocycles. The van der Waals surface area contributed by atoms with Crippen molar-refractivity contribution in [3.63, 3.8) is 0 Å². The topological polar surface area (TPSA) is 61.4 Å². The van der Waals surface area contributed by atoms with Gasteiger partial charge in [-0.2, -0.15) is 0 Å². The summed E-state index contributed by atoms with van der Waals surface area (Å²) in [6, 6.07) is 8.21. The van der Waals surface area contributed by atoms with E-state index in [1.807, 2.05) is 17.0 Å². The molecule has 2 aliphatic rings. The van der Waals surface area contributed by atoms with Gasteiger partial charge in [0, 0.05) is 32.1 Å². The summed E-state index contributed by atoms with van der Waals surface area (Å²) in [7, 11) is 0. The number of carbonyl (C=O) groups is 2. The average molecular weight is 366 g/mol. The SMILES string of the molecule is Cc1ccc(CNC(=O)C2CCN(C(=O)C3CCNC3)CC2)cc1.Cl. The highest BCUT2D eigenvalue weighted by molar-refractivity contribution is 5.85. The number of rotatable bonds is 4. The molecule has 3 rings (SSSR count). The van der Waals surface area contributed by atoms with E-state index in [-0.39, 0.29) is 36.1 Å². The zero-order valence-corrected chi connectivity index (χ0v) is 15.6. The summed E-state index contributed by atoms with van der Waals surface area (Å²) in [4.78, 5) is 26.7. The van der Waals surface area contributed by atoms with Crippen LogP contribution in [0.2, 0.25) is 0 Å². The maximum absolute atomic E-state index is 12.4.